The molecule has 12 heavy (non-hydrogen) atoms. The van der Waals surface area contributed by atoms with Gasteiger partial charge in [0.25, 0.3) is 0 Å². The molecule has 1 aliphatic carbocycles. The summed E-state index contributed by atoms with van der Waals surface area (Å²) in [5, 5.41) is 8.00. The molecule has 0 bridgehead atoms. The average molecular weight is 181 g/mol. The van der Waals surface area contributed by atoms with Crippen LogP contribution in [0.3, 0.4) is 0 Å². The summed E-state index contributed by atoms with van der Waals surface area (Å²) in [6, 6.07) is 3.54. The monoisotopic (exact) mass is 181 g/mol. The zero-order valence-corrected chi connectivity index (χ0v) is 8.23. The second kappa shape index (κ2) is 3.58. The van der Waals surface area contributed by atoms with Crippen LogP contribution in [0.1, 0.15) is 37.8 Å². The second-order valence-corrected chi connectivity index (χ2v) is 4.35. The normalized spacial score (nSPS) is 20.4. The van der Waals surface area contributed by atoms with Crippen molar-refractivity contribution in [3.8, 4) is 0 Å². The van der Waals surface area contributed by atoms with Crippen LogP contribution in [0, 0.1) is 0 Å². The molecule has 1 saturated carbocycles. The van der Waals surface area contributed by atoms with Gasteiger partial charge < -0.3 is 5.32 Å². The van der Waals surface area contributed by atoms with Crippen LogP contribution in [0.25, 0.3) is 0 Å². The Hall–Kier alpha value is -0.340. The van der Waals surface area contributed by atoms with E-state index in [0.717, 1.165) is 6.04 Å². The molecule has 2 heteroatoms. The van der Waals surface area contributed by atoms with Crippen molar-refractivity contribution in [1.82, 2.24) is 5.32 Å². The lowest BCUT2D eigenvalue weighted by Crippen LogP contribution is -2.36. The van der Waals surface area contributed by atoms with Gasteiger partial charge in [-0.05, 0) is 42.2 Å². The van der Waals surface area contributed by atoms with Crippen molar-refractivity contribution in [2.24, 2.45) is 0 Å². The maximum absolute atomic E-state index is 3.63. The van der Waals surface area contributed by atoms with Crippen molar-refractivity contribution >= 4 is 11.3 Å². The van der Waals surface area contributed by atoms with Gasteiger partial charge in [-0.2, -0.15) is 11.3 Å². The standard InChI is InChI=1S/C10H15NS/c1-8(9-5-6-12-7-9)11-10-3-2-4-10/h5-8,10-11H,2-4H2,1H3. The number of hydrogen-bond donors (Lipinski definition) is 1. The fourth-order valence-corrected chi connectivity index (χ4v) is 2.30. The highest BCUT2D eigenvalue weighted by atomic mass is 32.1. The molecular formula is C10H15NS. The molecule has 1 N–H and O–H groups in total. The molecule has 0 spiro atoms. The molecule has 1 atom stereocenters. The van der Waals surface area contributed by atoms with Gasteiger partial charge in [0.2, 0.25) is 0 Å². The van der Waals surface area contributed by atoms with E-state index in [9.17, 15) is 0 Å². The molecule has 66 valence electrons. The summed E-state index contributed by atoms with van der Waals surface area (Å²) >= 11 is 1.78. The highest BCUT2D eigenvalue weighted by Gasteiger charge is 2.19. The van der Waals surface area contributed by atoms with Crippen LogP contribution in [-0.2, 0) is 0 Å². The van der Waals surface area contributed by atoms with Crippen molar-refractivity contribution < 1.29 is 0 Å². The van der Waals surface area contributed by atoms with Gasteiger partial charge in [0, 0.05) is 12.1 Å². The molecule has 1 aromatic rings. The van der Waals surface area contributed by atoms with Crippen LogP contribution in [0.4, 0.5) is 0 Å². The lowest BCUT2D eigenvalue weighted by molar-refractivity contribution is 0.313. The molecule has 0 saturated heterocycles. The van der Waals surface area contributed by atoms with Crippen LogP contribution in [0.15, 0.2) is 16.8 Å². The highest BCUT2D eigenvalue weighted by molar-refractivity contribution is 7.07. The van der Waals surface area contributed by atoms with Gasteiger partial charge in [-0.3, -0.25) is 0 Å². The van der Waals surface area contributed by atoms with E-state index in [4.69, 9.17) is 0 Å². The van der Waals surface area contributed by atoms with Gasteiger partial charge in [0.1, 0.15) is 0 Å². The Bertz CT molecular complexity index is 226. The first-order chi connectivity index (χ1) is 5.86. The number of nitrogens with one attached hydrogen (secondary N) is 1. The van der Waals surface area contributed by atoms with E-state index in [1.54, 1.807) is 11.3 Å². The van der Waals surface area contributed by atoms with Crippen molar-refractivity contribution in [1.29, 1.82) is 0 Å². The zero-order valence-electron chi connectivity index (χ0n) is 7.42. The van der Waals surface area contributed by atoms with Crippen LogP contribution >= 0.6 is 11.3 Å². The molecule has 1 unspecified atom stereocenters. The Labute approximate surface area is 77.8 Å². The third-order valence-corrected chi connectivity index (χ3v) is 3.34. The fourth-order valence-electron chi connectivity index (χ4n) is 1.55. The number of hydrogen-bond acceptors (Lipinski definition) is 2. The largest absolute Gasteiger partial charge is 0.307 e. The van der Waals surface area contributed by atoms with Gasteiger partial charge in [-0.1, -0.05) is 6.42 Å². The second-order valence-electron chi connectivity index (χ2n) is 3.57. The Balaban J connectivity index is 1.87. The maximum Gasteiger partial charge on any atom is 0.0302 e. The van der Waals surface area contributed by atoms with Crippen LogP contribution in [0.2, 0.25) is 0 Å². The van der Waals surface area contributed by atoms with E-state index in [1.807, 2.05) is 0 Å². The van der Waals surface area contributed by atoms with Gasteiger partial charge in [0.05, 0.1) is 0 Å². The minimum atomic E-state index is 0.543. The Morgan fingerprint density at radius 2 is 2.42 bits per heavy atom. The van der Waals surface area contributed by atoms with Crippen molar-refractivity contribution in [2.45, 2.75) is 38.3 Å². The van der Waals surface area contributed by atoms with Gasteiger partial charge in [-0.25, -0.2) is 0 Å². The first kappa shape index (κ1) is 8.27. The molecule has 1 heterocycles. The molecule has 1 fully saturated rings. The molecule has 1 aliphatic rings. The topological polar surface area (TPSA) is 12.0 Å². The minimum absolute atomic E-state index is 0.543. The van der Waals surface area contributed by atoms with Crippen molar-refractivity contribution in [2.75, 3.05) is 0 Å². The van der Waals surface area contributed by atoms with E-state index in [-0.39, 0.29) is 0 Å². The molecule has 0 aromatic carbocycles. The lowest BCUT2D eigenvalue weighted by Gasteiger charge is -2.29. The molecule has 1 aromatic heterocycles. The minimum Gasteiger partial charge on any atom is -0.307 e. The first-order valence-electron chi connectivity index (χ1n) is 4.64. The molecule has 0 radical (unpaired) electrons. The third kappa shape index (κ3) is 1.70. The van der Waals surface area contributed by atoms with Crippen molar-refractivity contribution in [3.63, 3.8) is 0 Å². The average Bonchev–Trinajstić information content (AvgIpc) is 2.47. The lowest BCUT2D eigenvalue weighted by atomic mass is 9.92. The molecule has 2 rings (SSSR count). The predicted molar refractivity (Wildman–Crippen MR) is 53.5 cm³/mol. The Kier molecular flexibility index (Phi) is 2.47. The fraction of sp³-hybridized carbons (Fsp3) is 0.600. The molecule has 0 aliphatic heterocycles. The third-order valence-electron chi connectivity index (χ3n) is 2.63. The smallest absolute Gasteiger partial charge is 0.0302 e. The maximum atomic E-state index is 3.63. The zero-order chi connectivity index (χ0) is 8.39. The van der Waals surface area contributed by atoms with E-state index in [1.165, 1.54) is 24.8 Å². The molecule has 0 amide bonds. The summed E-state index contributed by atoms with van der Waals surface area (Å²) in [6.07, 6.45) is 4.15. The van der Waals surface area contributed by atoms with Gasteiger partial charge >= 0.3 is 0 Å². The summed E-state index contributed by atoms with van der Waals surface area (Å²) in [4.78, 5) is 0. The molecule has 1 nitrogen and oxygen atoms in total. The number of rotatable bonds is 3. The van der Waals surface area contributed by atoms with E-state index < -0.39 is 0 Å². The Morgan fingerprint density at radius 3 is 2.92 bits per heavy atom. The van der Waals surface area contributed by atoms with Crippen molar-refractivity contribution in [3.05, 3.63) is 22.4 Å². The van der Waals surface area contributed by atoms with E-state index >= 15 is 0 Å². The van der Waals surface area contributed by atoms with E-state index in [0.29, 0.717) is 6.04 Å². The highest BCUT2D eigenvalue weighted by Crippen LogP contribution is 2.23. The Morgan fingerprint density at radius 1 is 1.58 bits per heavy atom. The summed E-state index contributed by atoms with van der Waals surface area (Å²) in [7, 11) is 0. The quantitative estimate of drug-likeness (QED) is 0.756. The predicted octanol–water partition coefficient (Wildman–Crippen LogP) is 2.95. The van der Waals surface area contributed by atoms with E-state index in [2.05, 4.69) is 29.1 Å². The van der Waals surface area contributed by atoms with Gasteiger partial charge in [0.15, 0.2) is 0 Å². The summed E-state index contributed by atoms with van der Waals surface area (Å²) in [5.74, 6) is 0. The van der Waals surface area contributed by atoms with Crippen LogP contribution < -0.4 is 5.32 Å². The summed E-state index contributed by atoms with van der Waals surface area (Å²) < 4.78 is 0. The summed E-state index contributed by atoms with van der Waals surface area (Å²) in [6.45, 7) is 2.25. The van der Waals surface area contributed by atoms with Crippen LogP contribution in [0.5, 0.6) is 0 Å². The summed E-state index contributed by atoms with van der Waals surface area (Å²) in [5.41, 5.74) is 1.44. The number of thiophene rings is 1. The SMILES string of the molecule is CC(NC1CCC1)c1ccsc1. The molecular weight excluding hydrogens is 166 g/mol. The van der Waals surface area contributed by atoms with Crippen LogP contribution in [-0.4, -0.2) is 6.04 Å². The first-order valence-corrected chi connectivity index (χ1v) is 5.58. The van der Waals surface area contributed by atoms with Gasteiger partial charge in [-0.15, -0.1) is 0 Å².